The molecule has 0 radical (unpaired) electrons. The van der Waals surface area contributed by atoms with Gasteiger partial charge in [0.25, 0.3) is 5.91 Å². The molecular formula is C19H19F3N2O2. The largest absolute Gasteiger partial charge is 0.418 e. The van der Waals surface area contributed by atoms with Crippen molar-refractivity contribution in [3.63, 3.8) is 0 Å². The first-order valence-corrected chi connectivity index (χ1v) is 7.98. The van der Waals surface area contributed by atoms with E-state index in [1.807, 2.05) is 24.3 Å². The zero-order chi connectivity index (χ0) is 19.2. The fourth-order valence-electron chi connectivity index (χ4n) is 2.19. The van der Waals surface area contributed by atoms with Crippen LogP contribution in [0.4, 0.5) is 18.9 Å². The number of amides is 1. The number of halogens is 3. The second-order valence-corrected chi connectivity index (χ2v) is 5.92. The molecule has 7 heteroatoms. The molecule has 138 valence electrons. The van der Waals surface area contributed by atoms with E-state index >= 15 is 0 Å². The molecular weight excluding hydrogens is 345 g/mol. The second-order valence-electron chi connectivity index (χ2n) is 5.92. The highest BCUT2D eigenvalue weighted by Gasteiger charge is 2.33. The van der Waals surface area contributed by atoms with Gasteiger partial charge in [0.15, 0.2) is 6.61 Å². The zero-order valence-corrected chi connectivity index (χ0v) is 14.4. The number of anilines is 1. The smallest absolute Gasteiger partial charge is 0.386 e. The Balaban J connectivity index is 1.88. The van der Waals surface area contributed by atoms with Gasteiger partial charge in [0.05, 0.1) is 17.5 Å². The minimum absolute atomic E-state index is 0.318. The average Bonchev–Trinajstić information content (AvgIpc) is 2.58. The Morgan fingerprint density at radius 1 is 1.15 bits per heavy atom. The number of hydrogen-bond donors (Lipinski definition) is 1. The molecule has 0 heterocycles. The summed E-state index contributed by atoms with van der Waals surface area (Å²) in [6, 6.07) is 12.4. The van der Waals surface area contributed by atoms with Crippen molar-refractivity contribution < 1.29 is 22.8 Å². The summed E-state index contributed by atoms with van der Waals surface area (Å²) in [5.74, 6) is -0.311. The zero-order valence-electron chi connectivity index (χ0n) is 14.4. The van der Waals surface area contributed by atoms with Gasteiger partial charge in [0.2, 0.25) is 0 Å². The minimum Gasteiger partial charge on any atom is -0.386 e. The van der Waals surface area contributed by atoms with Gasteiger partial charge in [0, 0.05) is 0 Å². The number of nitrogens with one attached hydrogen (secondary N) is 1. The van der Waals surface area contributed by atoms with Crippen molar-refractivity contribution >= 4 is 17.8 Å². The molecule has 0 aliphatic heterocycles. The molecule has 2 aromatic carbocycles. The highest BCUT2D eigenvalue weighted by molar-refractivity contribution is 5.92. The molecule has 26 heavy (non-hydrogen) atoms. The maximum absolute atomic E-state index is 12.9. The first-order chi connectivity index (χ1) is 12.3. The van der Waals surface area contributed by atoms with Crippen LogP contribution in [0.3, 0.4) is 0 Å². The van der Waals surface area contributed by atoms with Crippen molar-refractivity contribution in [2.45, 2.75) is 25.9 Å². The molecule has 0 saturated carbocycles. The summed E-state index contributed by atoms with van der Waals surface area (Å²) in [6.07, 6.45) is -3.12. The molecule has 0 aliphatic carbocycles. The number of para-hydroxylation sites is 1. The third-order valence-corrected chi connectivity index (χ3v) is 3.58. The number of rotatable bonds is 6. The molecule has 0 atom stereocenters. The minimum atomic E-state index is -4.55. The quantitative estimate of drug-likeness (QED) is 0.590. The Hall–Kier alpha value is -2.83. The van der Waals surface area contributed by atoms with Gasteiger partial charge in [0.1, 0.15) is 0 Å². The van der Waals surface area contributed by atoms with Gasteiger partial charge in [-0.1, -0.05) is 55.4 Å². The van der Waals surface area contributed by atoms with Gasteiger partial charge in [-0.2, -0.15) is 13.2 Å². The number of carbonyl (C=O) groups is 1. The lowest BCUT2D eigenvalue weighted by Crippen LogP contribution is -2.20. The summed E-state index contributed by atoms with van der Waals surface area (Å²) in [4.78, 5) is 16.6. The van der Waals surface area contributed by atoms with Gasteiger partial charge in [-0.3, -0.25) is 4.79 Å². The van der Waals surface area contributed by atoms with Crippen molar-refractivity contribution in [2.24, 2.45) is 5.16 Å². The Bertz CT molecular complexity index is 769. The molecule has 0 unspecified atom stereocenters. The molecule has 0 bridgehead atoms. The van der Waals surface area contributed by atoms with E-state index in [0.29, 0.717) is 5.92 Å². The lowest BCUT2D eigenvalue weighted by Gasteiger charge is -2.13. The fraction of sp³-hybridized carbons (Fsp3) is 0.263. The number of alkyl halides is 3. The van der Waals surface area contributed by atoms with Crippen LogP contribution in [0, 0.1) is 0 Å². The predicted molar refractivity (Wildman–Crippen MR) is 94.2 cm³/mol. The summed E-state index contributed by atoms with van der Waals surface area (Å²) in [7, 11) is 0. The molecule has 0 aromatic heterocycles. The molecule has 1 N–H and O–H groups in total. The first kappa shape index (κ1) is 19.5. The molecule has 2 aromatic rings. The van der Waals surface area contributed by atoms with E-state index in [4.69, 9.17) is 4.84 Å². The summed E-state index contributed by atoms with van der Waals surface area (Å²) in [6.45, 7) is 3.68. The van der Waals surface area contributed by atoms with Crippen LogP contribution in [0.15, 0.2) is 53.7 Å². The van der Waals surface area contributed by atoms with Crippen molar-refractivity contribution in [2.75, 3.05) is 11.9 Å². The highest BCUT2D eigenvalue weighted by atomic mass is 19.4. The molecule has 0 fully saturated rings. The van der Waals surface area contributed by atoms with Crippen LogP contribution < -0.4 is 5.32 Å². The van der Waals surface area contributed by atoms with E-state index in [9.17, 15) is 18.0 Å². The normalized spacial score (nSPS) is 11.8. The average molecular weight is 364 g/mol. The van der Waals surface area contributed by atoms with Crippen LogP contribution in [-0.2, 0) is 15.8 Å². The van der Waals surface area contributed by atoms with Crippen LogP contribution >= 0.6 is 0 Å². The molecule has 0 aliphatic rings. The van der Waals surface area contributed by atoms with Gasteiger partial charge < -0.3 is 10.2 Å². The first-order valence-electron chi connectivity index (χ1n) is 7.98. The monoisotopic (exact) mass is 364 g/mol. The maximum atomic E-state index is 12.9. The molecule has 0 saturated heterocycles. The highest BCUT2D eigenvalue weighted by Crippen LogP contribution is 2.34. The van der Waals surface area contributed by atoms with Crippen LogP contribution in [0.2, 0.25) is 0 Å². The van der Waals surface area contributed by atoms with E-state index in [0.717, 1.165) is 11.6 Å². The van der Waals surface area contributed by atoms with Crippen molar-refractivity contribution in [3.8, 4) is 0 Å². The Morgan fingerprint density at radius 3 is 2.42 bits per heavy atom. The SMILES string of the molecule is CC(C)c1ccc(/C=N\OCC(=O)Nc2ccccc2C(F)(F)F)cc1. The predicted octanol–water partition coefficient (Wildman–Crippen LogP) is 4.82. The van der Waals surface area contributed by atoms with Gasteiger partial charge in [-0.25, -0.2) is 0 Å². The topological polar surface area (TPSA) is 50.7 Å². The molecule has 0 spiro atoms. The lowest BCUT2D eigenvalue weighted by molar-refractivity contribution is -0.137. The summed E-state index contributed by atoms with van der Waals surface area (Å²) in [5.41, 5.74) is 0.743. The maximum Gasteiger partial charge on any atom is 0.418 e. The lowest BCUT2D eigenvalue weighted by atomic mass is 10.0. The van der Waals surface area contributed by atoms with Gasteiger partial charge in [-0.05, 0) is 29.2 Å². The number of hydrogen-bond acceptors (Lipinski definition) is 3. The van der Waals surface area contributed by atoms with Crippen LogP contribution in [-0.4, -0.2) is 18.7 Å². The Labute approximate surface area is 149 Å². The van der Waals surface area contributed by atoms with Gasteiger partial charge in [-0.15, -0.1) is 0 Å². The van der Waals surface area contributed by atoms with Crippen molar-refractivity contribution in [1.82, 2.24) is 0 Å². The van der Waals surface area contributed by atoms with E-state index in [2.05, 4.69) is 24.3 Å². The number of carbonyl (C=O) groups excluding carboxylic acids is 1. The van der Waals surface area contributed by atoms with E-state index in [1.54, 1.807) is 0 Å². The number of benzene rings is 2. The van der Waals surface area contributed by atoms with E-state index in [1.165, 1.54) is 30.0 Å². The fourth-order valence-corrected chi connectivity index (χ4v) is 2.19. The summed E-state index contributed by atoms with van der Waals surface area (Å²) >= 11 is 0. The van der Waals surface area contributed by atoms with Crippen LogP contribution in [0.1, 0.15) is 36.5 Å². The standard InChI is InChI=1S/C19H19F3N2O2/c1-13(2)15-9-7-14(8-10-15)11-23-26-12-18(25)24-17-6-4-3-5-16(17)19(20,21)22/h3-11,13H,12H2,1-2H3,(H,24,25)/b23-11-. The number of oxime groups is 1. The van der Waals surface area contributed by atoms with Crippen molar-refractivity contribution in [1.29, 1.82) is 0 Å². The summed E-state index contributed by atoms with van der Waals surface area (Å²) in [5, 5.41) is 5.84. The van der Waals surface area contributed by atoms with Crippen molar-refractivity contribution in [3.05, 3.63) is 65.2 Å². The third kappa shape index (κ3) is 5.61. The summed E-state index contributed by atoms with van der Waals surface area (Å²) < 4.78 is 38.6. The van der Waals surface area contributed by atoms with Gasteiger partial charge >= 0.3 is 6.18 Å². The molecule has 4 nitrogen and oxygen atoms in total. The van der Waals surface area contributed by atoms with Crippen LogP contribution in [0.25, 0.3) is 0 Å². The molecule has 1 amide bonds. The second kappa shape index (κ2) is 8.51. The Morgan fingerprint density at radius 2 is 1.81 bits per heavy atom. The van der Waals surface area contributed by atoms with Crippen LogP contribution in [0.5, 0.6) is 0 Å². The Kier molecular flexibility index (Phi) is 6.38. The molecule has 2 rings (SSSR count). The third-order valence-electron chi connectivity index (χ3n) is 3.58. The number of nitrogens with zero attached hydrogens (tertiary/aromatic N) is 1. The van der Waals surface area contributed by atoms with E-state index < -0.39 is 24.3 Å². The van der Waals surface area contributed by atoms with E-state index in [-0.39, 0.29) is 5.69 Å².